The van der Waals surface area contributed by atoms with E-state index in [0.29, 0.717) is 0 Å². The average molecular weight is 375 g/mol. The zero-order chi connectivity index (χ0) is 16.7. The summed E-state index contributed by atoms with van der Waals surface area (Å²) in [4.78, 5) is 14.4. The summed E-state index contributed by atoms with van der Waals surface area (Å²) in [6, 6.07) is 3.94. The highest BCUT2D eigenvalue weighted by Crippen LogP contribution is 2.38. The molecule has 0 radical (unpaired) electrons. The second-order valence-corrected chi connectivity index (χ2v) is 6.30. The van der Waals surface area contributed by atoms with Crippen molar-refractivity contribution in [3.8, 4) is 5.69 Å². The van der Waals surface area contributed by atoms with Crippen LogP contribution < -0.4 is 0 Å². The zero-order valence-corrected chi connectivity index (χ0v) is 12.5. The van der Waals surface area contributed by atoms with Gasteiger partial charge in [0.15, 0.2) is 5.82 Å². The number of halogens is 6. The number of aromatic carboxylic acids is 1. The van der Waals surface area contributed by atoms with Crippen LogP contribution in [0.2, 0.25) is 0 Å². The van der Waals surface area contributed by atoms with E-state index in [1.54, 1.807) is 0 Å². The Morgan fingerprint density at radius 2 is 1.86 bits per heavy atom. The summed E-state index contributed by atoms with van der Waals surface area (Å²) < 4.78 is 36.8. The van der Waals surface area contributed by atoms with Gasteiger partial charge >= 0.3 is 12.1 Å². The summed E-state index contributed by atoms with van der Waals surface area (Å²) >= 11 is 17.0. The van der Waals surface area contributed by atoms with Gasteiger partial charge in [0, 0.05) is 0 Å². The van der Waals surface area contributed by atoms with E-state index >= 15 is 0 Å². The third-order valence-corrected chi connectivity index (χ3v) is 2.98. The van der Waals surface area contributed by atoms with Gasteiger partial charge in [0.2, 0.25) is 3.79 Å². The Morgan fingerprint density at radius 3 is 2.36 bits per heavy atom. The van der Waals surface area contributed by atoms with E-state index < -0.39 is 33.2 Å². The molecule has 1 aromatic carbocycles. The second-order valence-electron chi connectivity index (χ2n) is 4.02. The monoisotopic (exact) mass is 373 g/mol. The Labute approximate surface area is 136 Å². The first kappa shape index (κ1) is 16.9. The number of aromatic nitrogens is 3. The van der Waals surface area contributed by atoms with Crippen LogP contribution in [0.3, 0.4) is 0 Å². The van der Waals surface area contributed by atoms with Crippen molar-refractivity contribution in [1.82, 2.24) is 14.8 Å². The highest BCUT2D eigenvalue weighted by Gasteiger charge is 2.34. The first-order valence-corrected chi connectivity index (χ1v) is 6.58. The molecule has 0 fully saturated rings. The van der Waals surface area contributed by atoms with E-state index in [1.165, 1.54) is 6.07 Å². The maximum Gasteiger partial charge on any atom is 0.416 e. The molecule has 2 aromatic rings. The number of alkyl halides is 6. The first-order valence-electron chi connectivity index (χ1n) is 5.45. The van der Waals surface area contributed by atoms with Crippen molar-refractivity contribution in [1.29, 1.82) is 0 Å². The van der Waals surface area contributed by atoms with Crippen LogP contribution in [0.5, 0.6) is 0 Å². The van der Waals surface area contributed by atoms with E-state index in [4.69, 9.17) is 39.9 Å². The quantitative estimate of drug-likeness (QED) is 0.812. The van der Waals surface area contributed by atoms with Crippen LogP contribution in [0.1, 0.15) is 22.0 Å². The summed E-state index contributed by atoms with van der Waals surface area (Å²) in [5.41, 5.74) is -1.11. The van der Waals surface area contributed by atoms with Crippen molar-refractivity contribution in [2.45, 2.75) is 9.97 Å². The number of carboxylic acids is 1. The predicted octanol–water partition coefficient (Wildman–Crippen LogP) is 3.81. The van der Waals surface area contributed by atoms with E-state index in [0.717, 1.165) is 22.9 Å². The number of benzene rings is 1. The lowest BCUT2D eigenvalue weighted by Gasteiger charge is -2.13. The maximum atomic E-state index is 12.7. The molecule has 0 aliphatic rings. The summed E-state index contributed by atoms with van der Waals surface area (Å²) in [5, 5.41) is 12.4. The fraction of sp³-hybridized carbons (Fsp3) is 0.182. The number of nitrogens with zero attached hydrogens (tertiary/aromatic N) is 3. The lowest BCUT2D eigenvalue weighted by Crippen LogP contribution is -2.13. The minimum atomic E-state index is -4.59. The molecular weight excluding hydrogens is 369 g/mol. The van der Waals surface area contributed by atoms with E-state index in [-0.39, 0.29) is 5.69 Å². The summed E-state index contributed by atoms with van der Waals surface area (Å²) in [5.74, 6) is -2.66. The van der Waals surface area contributed by atoms with Gasteiger partial charge in [-0.15, -0.1) is 5.10 Å². The van der Waals surface area contributed by atoms with Gasteiger partial charge in [0.1, 0.15) is 0 Å². The van der Waals surface area contributed by atoms with Crippen molar-refractivity contribution in [2.75, 3.05) is 0 Å². The Hall–Kier alpha value is -1.51. The largest absolute Gasteiger partial charge is 0.475 e. The SMILES string of the molecule is O=C(O)c1nc(C(Cl)(Cl)Cl)n(-c2cccc(C(F)(F)F)c2)n1. The van der Waals surface area contributed by atoms with Gasteiger partial charge in [-0.3, -0.25) is 0 Å². The summed E-state index contributed by atoms with van der Waals surface area (Å²) in [7, 11) is 0. The second kappa shape index (κ2) is 5.60. The van der Waals surface area contributed by atoms with E-state index in [1.807, 2.05) is 0 Å². The number of hydrogen-bond acceptors (Lipinski definition) is 3. The van der Waals surface area contributed by atoms with Crippen LogP contribution in [0.15, 0.2) is 24.3 Å². The number of carboxylic acid groups (broad SMARTS) is 1. The minimum absolute atomic E-state index is 0.142. The molecule has 0 amide bonds. The topological polar surface area (TPSA) is 68.0 Å². The van der Waals surface area contributed by atoms with Crippen LogP contribution in [0.4, 0.5) is 13.2 Å². The Morgan fingerprint density at radius 1 is 1.23 bits per heavy atom. The van der Waals surface area contributed by atoms with Gasteiger partial charge in [-0.1, -0.05) is 40.9 Å². The zero-order valence-electron chi connectivity index (χ0n) is 10.3. The Kier molecular flexibility index (Phi) is 4.29. The molecular formula is C11H5Cl3F3N3O2. The fourth-order valence-electron chi connectivity index (χ4n) is 1.58. The average Bonchev–Trinajstić information content (AvgIpc) is 2.83. The molecule has 0 aliphatic heterocycles. The number of carbonyl (C=O) groups is 1. The molecule has 0 aliphatic carbocycles. The molecule has 11 heteroatoms. The van der Waals surface area contributed by atoms with Gasteiger partial charge < -0.3 is 5.11 Å². The van der Waals surface area contributed by atoms with Crippen molar-refractivity contribution in [3.63, 3.8) is 0 Å². The van der Waals surface area contributed by atoms with Crippen LogP contribution in [-0.4, -0.2) is 25.8 Å². The van der Waals surface area contributed by atoms with Crippen molar-refractivity contribution >= 4 is 40.8 Å². The molecule has 2 rings (SSSR count). The predicted molar refractivity (Wildman–Crippen MR) is 72.6 cm³/mol. The molecule has 22 heavy (non-hydrogen) atoms. The van der Waals surface area contributed by atoms with Crippen molar-refractivity contribution < 1.29 is 23.1 Å². The number of hydrogen-bond donors (Lipinski definition) is 1. The molecule has 1 N–H and O–H groups in total. The Bertz CT molecular complexity index is 725. The molecule has 5 nitrogen and oxygen atoms in total. The summed E-state index contributed by atoms with van der Waals surface area (Å²) in [6.45, 7) is 0. The van der Waals surface area contributed by atoms with Gasteiger partial charge in [-0.25, -0.2) is 14.5 Å². The molecule has 0 saturated heterocycles. The van der Waals surface area contributed by atoms with Gasteiger partial charge in [0.25, 0.3) is 5.82 Å². The van der Waals surface area contributed by atoms with Crippen LogP contribution >= 0.6 is 34.8 Å². The van der Waals surface area contributed by atoms with Crippen molar-refractivity contribution in [2.24, 2.45) is 0 Å². The van der Waals surface area contributed by atoms with Crippen LogP contribution in [-0.2, 0) is 9.97 Å². The third kappa shape index (κ3) is 3.45. The van der Waals surface area contributed by atoms with Gasteiger partial charge in [0.05, 0.1) is 11.3 Å². The molecule has 118 valence electrons. The highest BCUT2D eigenvalue weighted by atomic mass is 35.6. The van der Waals surface area contributed by atoms with Gasteiger partial charge in [-0.05, 0) is 18.2 Å². The lowest BCUT2D eigenvalue weighted by molar-refractivity contribution is -0.137. The number of rotatable bonds is 2. The standard InChI is InChI=1S/C11H5Cl3F3N3O2/c12-10(13,14)9-18-7(8(21)22)19-20(9)6-3-1-2-5(4-6)11(15,16)17/h1-4H,(H,21,22). The Balaban J connectivity index is 2.64. The van der Waals surface area contributed by atoms with Gasteiger partial charge in [-0.2, -0.15) is 13.2 Å². The smallest absolute Gasteiger partial charge is 0.416 e. The first-order chi connectivity index (χ1) is 10.00. The van der Waals surface area contributed by atoms with Crippen LogP contribution in [0, 0.1) is 0 Å². The molecule has 0 spiro atoms. The molecule has 0 bridgehead atoms. The summed E-state index contributed by atoms with van der Waals surface area (Å²) in [6.07, 6.45) is -4.59. The lowest BCUT2D eigenvalue weighted by atomic mass is 10.2. The van der Waals surface area contributed by atoms with E-state index in [2.05, 4.69) is 10.1 Å². The molecule has 0 saturated carbocycles. The van der Waals surface area contributed by atoms with E-state index in [9.17, 15) is 18.0 Å². The molecule has 0 atom stereocenters. The minimum Gasteiger partial charge on any atom is -0.475 e. The highest BCUT2D eigenvalue weighted by molar-refractivity contribution is 6.66. The van der Waals surface area contributed by atoms with Crippen molar-refractivity contribution in [3.05, 3.63) is 41.5 Å². The van der Waals surface area contributed by atoms with Crippen LogP contribution in [0.25, 0.3) is 5.69 Å². The maximum absolute atomic E-state index is 12.7. The fourth-order valence-corrected chi connectivity index (χ4v) is 1.95. The third-order valence-electron chi connectivity index (χ3n) is 2.47. The molecule has 1 aromatic heterocycles. The molecule has 0 unspecified atom stereocenters. The molecule has 1 heterocycles. The normalized spacial score (nSPS) is 12.5.